The van der Waals surface area contributed by atoms with E-state index >= 15 is 0 Å². The van der Waals surface area contributed by atoms with E-state index in [4.69, 9.17) is 23.7 Å². The topological polar surface area (TPSA) is 121 Å². The lowest BCUT2D eigenvalue weighted by molar-refractivity contribution is -0.140. The SMILES string of the molecule is C=CC(=O)NCOCC(CC)(COC)COCC(CC)(COC=O)COCNC(=O)C=C. The molecule has 0 radical (unpaired) electrons. The minimum atomic E-state index is -0.592. The summed E-state index contributed by atoms with van der Waals surface area (Å²) in [6.07, 6.45) is 3.65. The Hall–Kier alpha value is -2.27. The standard InChI is InChI=1S/C22H38N2O8/c1-6-19(26)23-16-30-13-21(8-3,10-28-5)11-29-12-22(9-4,15-32-18-25)14-31-17-24-20(27)7-2/h6-7,18H,1-2,8-17H2,3-5H3,(H,23,26)(H,24,27). The average molecular weight is 459 g/mol. The summed E-state index contributed by atoms with van der Waals surface area (Å²) >= 11 is 0. The number of nitrogens with one attached hydrogen (secondary N) is 2. The molecule has 0 aliphatic carbocycles. The van der Waals surface area contributed by atoms with Gasteiger partial charge in [0.1, 0.15) is 20.1 Å². The van der Waals surface area contributed by atoms with Gasteiger partial charge in [-0.15, -0.1) is 0 Å². The molecule has 0 fully saturated rings. The van der Waals surface area contributed by atoms with Crippen molar-refractivity contribution in [3.8, 4) is 0 Å². The van der Waals surface area contributed by atoms with Crippen LogP contribution in [-0.2, 0) is 38.1 Å². The van der Waals surface area contributed by atoms with Gasteiger partial charge in [0, 0.05) is 12.5 Å². The zero-order valence-electron chi connectivity index (χ0n) is 19.5. The van der Waals surface area contributed by atoms with Crippen LogP contribution in [0.5, 0.6) is 0 Å². The Balaban J connectivity index is 4.95. The maximum absolute atomic E-state index is 11.3. The van der Waals surface area contributed by atoms with E-state index in [1.54, 1.807) is 7.11 Å². The third-order valence-corrected chi connectivity index (χ3v) is 5.11. The molecule has 0 aromatic rings. The molecule has 10 heteroatoms. The molecule has 0 spiro atoms. The van der Waals surface area contributed by atoms with Gasteiger partial charge in [-0.2, -0.15) is 0 Å². The molecule has 2 atom stereocenters. The monoisotopic (exact) mass is 458 g/mol. The number of rotatable bonds is 21. The summed E-state index contributed by atoms with van der Waals surface area (Å²) in [7, 11) is 1.60. The molecule has 2 N–H and O–H groups in total. The van der Waals surface area contributed by atoms with E-state index in [1.807, 2.05) is 13.8 Å². The Morgan fingerprint density at radius 3 is 1.59 bits per heavy atom. The second-order valence-electron chi connectivity index (χ2n) is 7.52. The predicted octanol–water partition coefficient (Wildman–Crippen LogP) is 1.17. The molecule has 32 heavy (non-hydrogen) atoms. The summed E-state index contributed by atoms with van der Waals surface area (Å²) in [5.74, 6) is -0.661. The lowest BCUT2D eigenvalue weighted by Crippen LogP contribution is -2.42. The van der Waals surface area contributed by atoms with E-state index < -0.39 is 10.8 Å². The Labute approximate surface area is 190 Å². The van der Waals surface area contributed by atoms with Crippen LogP contribution in [0.2, 0.25) is 0 Å². The summed E-state index contributed by atoms with van der Waals surface area (Å²) < 4.78 is 27.6. The van der Waals surface area contributed by atoms with E-state index in [0.717, 1.165) is 6.08 Å². The van der Waals surface area contributed by atoms with E-state index in [0.29, 0.717) is 39.1 Å². The largest absolute Gasteiger partial charge is 0.467 e. The fraction of sp³-hybridized carbons (Fsp3) is 0.682. The fourth-order valence-electron chi connectivity index (χ4n) is 2.79. The normalized spacial score (nSPS) is 14.5. The highest BCUT2D eigenvalue weighted by Gasteiger charge is 2.34. The van der Waals surface area contributed by atoms with Crippen LogP contribution in [0.4, 0.5) is 0 Å². The van der Waals surface area contributed by atoms with Crippen molar-refractivity contribution in [3.63, 3.8) is 0 Å². The van der Waals surface area contributed by atoms with Crippen LogP contribution >= 0.6 is 0 Å². The Kier molecular flexibility index (Phi) is 16.1. The van der Waals surface area contributed by atoms with Crippen molar-refractivity contribution < 1.29 is 38.1 Å². The molecule has 0 saturated carbocycles. The number of amides is 2. The molecule has 0 saturated heterocycles. The maximum Gasteiger partial charge on any atom is 0.293 e. The van der Waals surface area contributed by atoms with Gasteiger partial charge in [-0.05, 0) is 25.0 Å². The van der Waals surface area contributed by atoms with Crippen molar-refractivity contribution in [2.45, 2.75) is 26.7 Å². The Bertz CT molecular complexity index is 586. The number of hydrogen-bond acceptors (Lipinski definition) is 8. The molecule has 2 unspecified atom stereocenters. The van der Waals surface area contributed by atoms with Gasteiger partial charge in [-0.3, -0.25) is 14.4 Å². The van der Waals surface area contributed by atoms with E-state index in [9.17, 15) is 14.4 Å². The predicted molar refractivity (Wildman–Crippen MR) is 118 cm³/mol. The minimum Gasteiger partial charge on any atom is -0.467 e. The van der Waals surface area contributed by atoms with Gasteiger partial charge in [0.15, 0.2) is 0 Å². The Morgan fingerprint density at radius 2 is 1.22 bits per heavy atom. The van der Waals surface area contributed by atoms with Gasteiger partial charge < -0.3 is 34.3 Å². The second kappa shape index (κ2) is 17.3. The van der Waals surface area contributed by atoms with Crippen molar-refractivity contribution in [2.24, 2.45) is 10.8 Å². The van der Waals surface area contributed by atoms with Crippen LogP contribution in [0.25, 0.3) is 0 Å². The summed E-state index contributed by atoms with van der Waals surface area (Å²) in [6, 6.07) is 0. The summed E-state index contributed by atoms with van der Waals surface area (Å²) in [5.41, 5.74) is -1.03. The molecule has 2 amide bonds. The lowest BCUT2D eigenvalue weighted by atomic mass is 9.86. The molecular weight excluding hydrogens is 420 g/mol. The van der Waals surface area contributed by atoms with Crippen molar-refractivity contribution >= 4 is 18.3 Å². The third kappa shape index (κ3) is 11.9. The highest BCUT2D eigenvalue weighted by molar-refractivity contribution is 5.86. The zero-order valence-corrected chi connectivity index (χ0v) is 19.5. The molecule has 10 nitrogen and oxygen atoms in total. The highest BCUT2D eigenvalue weighted by Crippen LogP contribution is 2.28. The first-order valence-corrected chi connectivity index (χ1v) is 10.4. The van der Waals surface area contributed by atoms with Crippen LogP contribution < -0.4 is 10.6 Å². The first-order valence-electron chi connectivity index (χ1n) is 10.4. The van der Waals surface area contributed by atoms with Gasteiger partial charge in [-0.1, -0.05) is 27.0 Å². The highest BCUT2D eigenvalue weighted by atomic mass is 16.5. The second-order valence-corrected chi connectivity index (χ2v) is 7.52. The zero-order chi connectivity index (χ0) is 24.3. The van der Waals surface area contributed by atoms with Gasteiger partial charge in [-0.25, -0.2) is 0 Å². The van der Waals surface area contributed by atoms with Crippen LogP contribution in [-0.4, -0.2) is 78.5 Å². The quantitative estimate of drug-likeness (QED) is 0.114. The number of carbonyl (C=O) groups is 3. The molecule has 0 aromatic carbocycles. The molecule has 0 aliphatic rings. The van der Waals surface area contributed by atoms with Crippen molar-refractivity contribution in [2.75, 3.05) is 60.2 Å². The molecule has 184 valence electrons. The van der Waals surface area contributed by atoms with Gasteiger partial charge in [0.25, 0.3) is 6.47 Å². The van der Waals surface area contributed by atoms with Crippen LogP contribution in [0, 0.1) is 10.8 Å². The number of carbonyl (C=O) groups excluding carboxylic acids is 3. The molecule has 0 heterocycles. The molecule has 0 bridgehead atoms. The average Bonchev–Trinajstić information content (AvgIpc) is 2.81. The van der Waals surface area contributed by atoms with Crippen LogP contribution in [0.15, 0.2) is 25.3 Å². The van der Waals surface area contributed by atoms with Crippen molar-refractivity contribution in [1.82, 2.24) is 10.6 Å². The first kappa shape index (κ1) is 29.7. The van der Waals surface area contributed by atoms with E-state index in [2.05, 4.69) is 23.8 Å². The van der Waals surface area contributed by atoms with Crippen molar-refractivity contribution in [1.29, 1.82) is 0 Å². The summed E-state index contributed by atoms with van der Waals surface area (Å²) in [4.78, 5) is 33.3. The molecule has 0 aromatic heterocycles. The summed E-state index contributed by atoms with van der Waals surface area (Å²) in [6.45, 7) is 12.7. The van der Waals surface area contributed by atoms with Crippen molar-refractivity contribution in [3.05, 3.63) is 25.3 Å². The van der Waals surface area contributed by atoms with Gasteiger partial charge in [0.2, 0.25) is 11.8 Å². The Morgan fingerprint density at radius 1 is 0.781 bits per heavy atom. The fourth-order valence-corrected chi connectivity index (χ4v) is 2.79. The maximum atomic E-state index is 11.3. The minimum absolute atomic E-state index is 0.000529. The number of methoxy groups -OCH3 is 1. The van der Waals surface area contributed by atoms with Crippen LogP contribution in [0.1, 0.15) is 26.7 Å². The molecular formula is C22H38N2O8. The van der Waals surface area contributed by atoms with E-state index in [1.165, 1.54) is 6.08 Å². The lowest BCUT2D eigenvalue weighted by Gasteiger charge is -2.35. The first-order chi connectivity index (χ1) is 15.4. The third-order valence-electron chi connectivity index (χ3n) is 5.11. The van der Waals surface area contributed by atoms with Gasteiger partial charge in [0.05, 0.1) is 38.4 Å². The molecule has 0 aliphatic heterocycles. The summed E-state index contributed by atoms with van der Waals surface area (Å²) in [5, 5.41) is 5.09. The number of hydrogen-bond donors (Lipinski definition) is 2. The smallest absolute Gasteiger partial charge is 0.293 e. The van der Waals surface area contributed by atoms with E-state index in [-0.39, 0.29) is 45.1 Å². The molecule has 0 rings (SSSR count). The number of ether oxygens (including phenoxy) is 5. The van der Waals surface area contributed by atoms with Crippen LogP contribution in [0.3, 0.4) is 0 Å². The van der Waals surface area contributed by atoms with Gasteiger partial charge >= 0.3 is 0 Å².